The van der Waals surface area contributed by atoms with E-state index in [0.29, 0.717) is 45.8 Å². The largest absolute Gasteiger partial charge is 0.507 e. The number of benzene rings is 2. The highest BCUT2D eigenvalue weighted by Crippen LogP contribution is 2.42. The number of carbonyl (C=O) groups is 2. The Hall–Kier alpha value is -2.74. The summed E-state index contributed by atoms with van der Waals surface area (Å²) in [6.07, 6.45) is 0. The molecule has 1 N–H and O–H groups in total. The first kappa shape index (κ1) is 21.5. The minimum absolute atomic E-state index is 0.0130. The lowest BCUT2D eigenvalue weighted by Crippen LogP contribution is -2.35. The van der Waals surface area contributed by atoms with E-state index in [1.54, 1.807) is 36.4 Å². The Balaban J connectivity index is 1.84. The number of rotatable bonds is 5. The van der Waals surface area contributed by atoms with Gasteiger partial charge in [-0.2, -0.15) is 0 Å². The number of aliphatic hydroxyl groups excluding tert-OH is 1. The molecule has 0 aromatic heterocycles. The molecular weight excluding hydrogens is 443 g/mol. The molecule has 2 aliphatic heterocycles. The van der Waals surface area contributed by atoms with Crippen molar-refractivity contribution in [2.75, 3.05) is 34.0 Å². The summed E-state index contributed by atoms with van der Waals surface area (Å²) in [6.45, 7) is 0.910. The second-order valence-corrected chi connectivity index (χ2v) is 8.35. The first-order chi connectivity index (χ1) is 14.8. The lowest BCUT2D eigenvalue weighted by molar-refractivity contribution is -0.140. The van der Waals surface area contributed by atoms with E-state index < -0.39 is 17.7 Å². The molecule has 0 saturated carbocycles. The quantitative estimate of drug-likeness (QED) is 0.414. The first-order valence-electron chi connectivity index (χ1n) is 9.56. The minimum Gasteiger partial charge on any atom is -0.507 e. The van der Waals surface area contributed by atoms with Gasteiger partial charge in [0.2, 0.25) is 6.79 Å². The van der Waals surface area contributed by atoms with Crippen molar-refractivity contribution in [2.45, 2.75) is 6.04 Å². The summed E-state index contributed by atoms with van der Waals surface area (Å²) in [5.41, 5.74) is 0.913. The lowest BCUT2D eigenvalue weighted by Gasteiger charge is -2.26. The molecule has 2 aromatic carbocycles. The highest BCUT2D eigenvalue weighted by Gasteiger charge is 2.46. The number of fused-ring (bicyclic) bond motifs is 1. The van der Waals surface area contributed by atoms with Gasteiger partial charge in [-0.25, -0.2) is 0 Å². The SMILES string of the molecule is CN(C)CCN1C(=O)C(=O)C(=C(O)c2ccc3c(c2)OCO3)C1c1ccc(Cl)c(Cl)c1. The zero-order valence-corrected chi connectivity index (χ0v) is 18.4. The van der Waals surface area contributed by atoms with E-state index in [4.69, 9.17) is 32.7 Å². The number of likely N-dealkylation sites (tertiary alicyclic amines) is 1. The van der Waals surface area contributed by atoms with E-state index in [1.807, 2.05) is 19.0 Å². The topological polar surface area (TPSA) is 79.3 Å². The van der Waals surface area contributed by atoms with Gasteiger partial charge in [-0.1, -0.05) is 29.3 Å². The maximum absolute atomic E-state index is 13.0. The monoisotopic (exact) mass is 462 g/mol. The Morgan fingerprint density at radius 2 is 1.84 bits per heavy atom. The van der Waals surface area contributed by atoms with Crippen molar-refractivity contribution in [3.8, 4) is 11.5 Å². The van der Waals surface area contributed by atoms with Crippen molar-refractivity contribution in [1.29, 1.82) is 0 Å². The Kier molecular flexibility index (Phi) is 5.83. The van der Waals surface area contributed by atoms with Gasteiger partial charge >= 0.3 is 0 Å². The van der Waals surface area contributed by atoms with Crippen LogP contribution in [-0.2, 0) is 9.59 Å². The zero-order chi connectivity index (χ0) is 22.3. The molecule has 1 amide bonds. The van der Waals surface area contributed by atoms with Crippen LogP contribution in [0.25, 0.3) is 5.76 Å². The Bertz CT molecular complexity index is 1100. The highest BCUT2D eigenvalue weighted by molar-refractivity contribution is 6.46. The third-order valence-electron chi connectivity index (χ3n) is 5.23. The molecule has 1 saturated heterocycles. The van der Waals surface area contributed by atoms with E-state index in [1.165, 1.54) is 4.90 Å². The molecule has 2 heterocycles. The van der Waals surface area contributed by atoms with Crippen LogP contribution in [0.2, 0.25) is 10.0 Å². The van der Waals surface area contributed by atoms with E-state index in [2.05, 4.69) is 0 Å². The molecule has 0 radical (unpaired) electrons. The third kappa shape index (κ3) is 3.96. The number of Topliss-reactive ketones (excluding diaryl/α,β-unsaturated/α-hetero) is 1. The number of hydrogen-bond acceptors (Lipinski definition) is 6. The molecule has 2 aliphatic rings. The van der Waals surface area contributed by atoms with Gasteiger partial charge in [0.25, 0.3) is 11.7 Å². The van der Waals surface area contributed by atoms with Gasteiger partial charge < -0.3 is 24.4 Å². The van der Waals surface area contributed by atoms with Crippen LogP contribution in [0.15, 0.2) is 42.0 Å². The Labute approximate surface area is 189 Å². The fraction of sp³-hybridized carbons (Fsp3) is 0.273. The van der Waals surface area contributed by atoms with Crippen LogP contribution >= 0.6 is 23.2 Å². The Morgan fingerprint density at radius 3 is 2.55 bits per heavy atom. The molecule has 0 bridgehead atoms. The molecule has 4 rings (SSSR count). The summed E-state index contributed by atoms with van der Waals surface area (Å²) < 4.78 is 10.7. The number of halogens is 2. The van der Waals surface area contributed by atoms with Crippen LogP contribution in [-0.4, -0.2) is 60.6 Å². The van der Waals surface area contributed by atoms with Crippen molar-refractivity contribution >= 4 is 40.7 Å². The zero-order valence-electron chi connectivity index (χ0n) is 16.9. The van der Waals surface area contributed by atoms with E-state index >= 15 is 0 Å². The molecule has 7 nitrogen and oxygen atoms in total. The van der Waals surface area contributed by atoms with Gasteiger partial charge in [-0.3, -0.25) is 9.59 Å². The number of ether oxygens (including phenoxy) is 2. The highest BCUT2D eigenvalue weighted by atomic mass is 35.5. The second kappa shape index (κ2) is 8.42. The summed E-state index contributed by atoms with van der Waals surface area (Å²) in [7, 11) is 3.74. The lowest BCUT2D eigenvalue weighted by atomic mass is 9.95. The van der Waals surface area contributed by atoms with Gasteiger partial charge in [0.1, 0.15) is 5.76 Å². The molecule has 1 unspecified atom stereocenters. The number of ketones is 1. The van der Waals surface area contributed by atoms with E-state index in [0.717, 1.165) is 0 Å². The molecule has 162 valence electrons. The summed E-state index contributed by atoms with van der Waals surface area (Å²) >= 11 is 12.3. The van der Waals surface area contributed by atoms with Crippen LogP contribution in [0.1, 0.15) is 17.2 Å². The number of aliphatic hydroxyl groups is 1. The smallest absolute Gasteiger partial charge is 0.295 e. The molecule has 31 heavy (non-hydrogen) atoms. The number of likely N-dealkylation sites (N-methyl/N-ethyl adjacent to an activating group) is 1. The number of nitrogens with zero attached hydrogens (tertiary/aromatic N) is 2. The molecule has 0 aliphatic carbocycles. The summed E-state index contributed by atoms with van der Waals surface area (Å²) in [6, 6.07) is 8.94. The predicted octanol–water partition coefficient (Wildman–Crippen LogP) is 3.71. The minimum atomic E-state index is -0.805. The second-order valence-electron chi connectivity index (χ2n) is 7.54. The van der Waals surface area contributed by atoms with Gasteiger partial charge in [-0.05, 0) is 50.0 Å². The molecule has 0 spiro atoms. The number of carbonyl (C=O) groups excluding carboxylic acids is 2. The van der Waals surface area contributed by atoms with Crippen molar-refractivity contribution in [3.63, 3.8) is 0 Å². The predicted molar refractivity (Wildman–Crippen MR) is 117 cm³/mol. The fourth-order valence-electron chi connectivity index (χ4n) is 3.65. The first-order valence-corrected chi connectivity index (χ1v) is 10.3. The molecule has 1 fully saturated rings. The molecule has 2 aromatic rings. The van der Waals surface area contributed by atoms with Gasteiger partial charge in [0, 0.05) is 18.7 Å². The van der Waals surface area contributed by atoms with Crippen LogP contribution in [0.3, 0.4) is 0 Å². The maximum Gasteiger partial charge on any atom is 0.295 e. The van der Waals surface area contributed by atoms with Crippen molar-refractivity contribution < 1.29 is 24.2 Å². The summed E-state index contributed by atoms with van der Waals surface area (Å²) in [5, 5.41) is 11.7. The number of hydrogen-bond donors (Lipinski definition) is 1. The summed E-state index contributed by atoms with van der Waals surface area (Å²) in [4.78, 5) is 29.3. The van der Waals surface area contributed by atoms with E-state index in [9.17, 15) is 14.7 Å². The number of amides is 1. The molecular formula is C22H20Cl2N2O5. The fourth-order valence-corrected chi connectivity index (χ4v) is 3.95. The average Bonchev–Trinajstić information content (AvgIpc) is 3.30. The van der Waals surface area contributed by atoms with Gasteiger partial charge in [0.05, 0.1) is 21.7 Å². The third-order valence-corrected chi connectivity index (χ3v) is 5.97. The standard InChI is InChI=1S/C22H20Cl2N2O5/c1-25(2)7-8-26-19(12-3-5-14(23)15(24)9-12)18(21(28)22(26)29)20(27)13-4-6-16-17(10-13)31-11-30-16/h3-6,9-10,19,27H,7-8,11H2,1-2H3. The molecule has 1 atom stereocenters. The van der Waals surface area contributed by atoms with E-state index in [-0.39, 0.29) is 18.1 Å². The van der Waals surface area contributed by atoms with Crippen molar-refractivity contribution in [2.24, 2.45) is 0 Å². The van der Waals surface area contributed by atoms with Gasteiger partial charge in [0.15, 0.2) is 11.5 Å². The van der Waals surface area contributed by atoms with Crippen LogP contribution in [0.4, 0.5) is 0 Å². The van der Waals surface area contributed by atoms with Gasteiger partial charge in [-0.15, -0.1) is 0 Å². The Morgan fingerprint density at radius 1 is 1.10 bits per heavy atom. The normalized spacial score (nSPS) is 19.5. The van der Waals surface area contributed by atoms with Crippen molar-refractivity contribution in [1.82, 2.24) is 9.80 Å². The van der Waals surface area contributed by atoms with Crippen LogP contribution in [0.5, 0.6) is 11.5 Å². The van der Waals surface area contributed by atoms with Crippen LogP contribution < -0.4 is 9.47 Å². The molecule has 9 heteroatoms. The average molecular weight is 463 g/mol. The summed E-state index contributed by atoms with van der Waals surface area (Å²) in [5.74, 6) is -0.730. The van der Waals surface area contributed by atoms with Crippen molar-refractivity contribution in [3.05, 3.63) is 63.1 Å². The maximum atomic E-state index is 13.0. The van der Waals surface area contributed by atoms with Crippen LogP contribution in [0, 0.1) is 0 Å².